The maximum atomic E-state index is 8.00. The zero-order valence-corrected chi connectivity index (χ0v) is 20.4. The molecule has 1 aliphatic rings. The summed E-state index contributed by atoms with van der Waals surface area (Å²) in [7, 11) is 0. The van der Waals surface area contributed by atoms with Crippen LogP contribution in [0.1, 0.15) is 32.5 Å². The van der Waals surface area contributed by atoms with E-state index < -0.39 is 0 Å². The van der Waals surface area contributed by atoms with Crippen LogP contribution in [0, 0.1) is 6.08 Å². The quantitative estimate of drug-likeness (QED) is 0.205. The third-order valence-corrected chi connectivity index (χ3v) is 5.44. The summed E-state index contributed by atoms with van der Waals surface area (Å²) in [6.45, 7) is 4.00. The van der Waals surface area contributed by atoms with E-state index in [9.17, 15) is 0 Å². The van der Waals surface area contributed by atoms with Crippen molar-refractivity contribution < 1.29 is 33.3 Å². The van der Waals surface area contributed by atoms with Gasteiger partial charge in [0.2, 0.25) is 0 Å². The average molecular weight is 534 g/mol. The maximum Gasteiger partial charge on any atom is 4.00 e. The molecule has 4 aromatic rings. The van der Waals surface area contributed by atoms with Crippen LogP contribution < -0.4 is 0 Å². The number of carbonyl (C=O) groups is 2. The summed E-state index contributed by atoms with van der Waals surface area (Å²) in [5.41, 5.74) is 8.74. The molecule has 0 heterocycles. The predicted octanol–water partition coefficient (Wildman–Crippen LogP) is 7.25. The van der Waals surface area contributed by atoms with Crippen molar-refractivity contribution in [2.45, 2.75) is 5.92 Å². The van der Waals surface area contributed by atoms with E-state index in [1.807, 2.05) is 13.6 Å². The number of carbonyl (C=O) groups excluding carboxylic acids is 2. The summed E-state index contributed by atoms with van der Waals surface area (Å²) >= 11 is 0. The minimum atomic E-state index is 0. The Labute approximate surface area is 218 Å². The van der Waals surface area contributed by atoms with Crippen molar-refractivity contribution in [3.8, 4) is 0 Å². The second-order valence-electron chi connectivity index (χ2n) is 7.25. The summed E-state index contributed by atoms with van der Waals surface area (Å²) in [5.74, 6) is 0.101. The van der Waals surface area contributed by atoms with Crippen LogP contribution >= 0.6 is 0 Å². The molecule has 0 saturated heterocycles. The van der Waals surface area contributed by atoms with Crippen LogP contribution in [0.2, 0.25) is 0 Å². The molecule has 0 aliphatic heterocycles. The second-order valence-corrected chi connectivity index (χ2v) is 7.25. The van der Waals surface area contributed by atoms with E-state index in [1.54, 1.807) is 0 Å². The van der Waals surface area contributed by atoms with Crippen molar-refractivity contribution in [2.24, 2.45) is 0 Å². The van der Waals surface area contributed by atoms with Crippen LogP contribution in [-0.4, -0.2) is 13.6 Å². The van der Waals surface area contributed by atoms with E-state index >= 15 is 0 Å². The van der Waals surface area contributed by atoms with Crippen LogP contribution in [-0.2, 0) is 29.1 Å². The van der Waals surface area contributed by atoms with Gasteiger partial charge in [0.05, 0.1) is 0 Å². The zero-order valence-electron chi connectivity index (χ0n) is 21.7. The molecule has 0 N–H and O–H groups in total. The van der Waals surface area contributed by atoms with Crippen molar-refractivity contribution >= 4 is 30.3 Å². The summed E-state index contributed by atoms with van der Waals surface area (Å²) in [6, 6.07) is 42.8. The molecule has 0 bridgehead atoms. The van der Waals surface area contributed by atoms with E-state index in [-0.39, 0.29) is 29.7 Å². The number of hydrogen-bond donors (Lipinski definition) is 0. The van der Waals surface area contributed by atoms with Gasteiger partial charge in [-0.3, -0.25) is 0 Å². The molecule has 5 rings (SSSR count). The normalized spacial score (nSPS) is 13.9. The molecule has 0 spiro atoms. The van der Waals surface area contributed by atoms with Gasteiger partial charge in [-0.15, -0.1) is 23.3 Å². The average Bonchev–Trinajstić information content (AvgIpc) is 3.34. The van der Waals surface area contributed by atoms with Gasteiger partial charge in [-0.2, -0.15) is 11.6 Å². The molecule has 0 radical (unpaired) electrons. The Morgan fingerprint density at radius 3 is 1.38 bits per heavy atom. The first-order valence-electron chi connectivity index (χ1n) is 10.6. The molecule has 2 nitrogen and oxygen atoms in total. The Morgan fingerprint density at radius 2 is 0.912 bits per heavy atom. The Morgan fingerprint density at radius 1 is 0.529 bits per heavy atom. The van der Waals surface area contributed by atoms with E-state index in [2.05, 4.69) is 127 Å². The van der Waals surface area contributed by atoms with Gasteiger partial charge < -0.3 is 13.9 Å². The summed E-state index contributed by atoms with van der Waals surface area (Å²) < 4.78 is 0. The van der Waals surface area contributed by atoms with Gasteiger partial charge in [-0.05, 0) is 17.0 Å². The topological polar surface area (TPSA) is 34.1 Å². The van der Waals surface area contributed by atoms with Gasteiger partial charge in [0, 0.05) is 0 Å². The summed E-state index contributed by atoms with van der Waals surface area (Å²) in [4.78, 5) is 16.0. The number of benzene rings is 4. The standard InChI is InChI=1S/C29H21.2CH2O.Ru.3H/c1-5-13-22(14-6-1)26-21-27(23-15-7-2-8-16-23)29(25-19-11-4-12-20-25)28(26)24-17-9-3-10-18-24;2*1-2;;;;/h1-20,26H;2*1H2;;;;/q-1;;;+4;3*-1. The Bertz CT molecular complexity index is 1210. The molecule has 0 amide bonds. The molecule has 1 aliphatic carbocycles. The Kier molecular flexibility index (Phi) is 10.8. The third-order valence-electron chi connectivity index (χ3n) is 5.44. The van der Waals surface area contributed by atoms with E-state index in [1.165, 1.54) is 39.0 Å². The van der Waals surface area contributed by atoms with E-state index in [0.29, 0.717) is 0 Å². The maximum absolute atomic E-state index is 8.00. The molecule has 0 saturated carbocycles. The zero-order chi connectivity index (χ0) is 23.5. The molecule has 0 fully saturated rings. The Hall–Kier alpha value is -3.68. The van der Waals surface area contributed by atoms with Gasteiger partial charge in [0.1, 0.15) is 13.6 Å². The van der Waals surface area contributed by atoms with Crippen LogP contribution in [0.25, 0.3) is 16.7 Å². The largest absolute Gasteiger partial charge is 4.00 e. The molecule has 1 atom stereocenters. The van der Waals surface area contributed by atoms with Gasteiger partial charge >= 0.3 is 19.5 Å². The molecular formula is C31H28O2Ru. The monoisotopic (exact) mass is 534 g/mol. The first-order valence-corrected chi connectivity index (χ1v) is 10.6. The second kappa shape index (κ2) is 13.8. The Balaban J connectivity index is 0. The van der Waals surface area contributed by atoms with Crippen molar-refractivity contribution in [1.29, 1.82) is 0 Å². The number of allylic oxidation sites excluding steroid dienone is 4. The van der Waals surface area contributed by atoms with Crippen molar-refractivity contribution in [1.82, 2.24) is 0 Å². The predicted molar refractivity (Wildman–Crippen MR) is 140 cm³/mol. The first kappa shape index (κ1) is 26.6. The molecule has 0 aromatic heterocycles. The van der Waals surface area contributed by atoms with Gasteiger partial charge in [-0.1, -0.05) is 120 Å². The minimum absolute atomic E-state index is 0. The fourth-order valence-corrected chi connectivity index (χ4v) is 4.13. The number of rotatable bonds is 4. The van der Waals surface area contributed by atoms with Gasteiger partial charge in [0.15, 0.2) is 0 Å². The summed E-state index contributed by atoms with van der Waals surface area (Å²) in [5, 5.41) is 0. The van der Waals surface area contributed by atoms with Gasteiger partial charge in [0.25, 0.3) is 0 Å². The molecule has 4 aromatic carbocycles. The fourth-order valence-electron chi connectivity index (χ4n) is 4.13. The van der Waals surface area contributed by atoms with Crippen LogP contribution in [0.3, 0.4) is 0 Å². The van der Waals surface area contributed by atoms with E-state index in [0.717, 1.165) is 0 Å². The third kappa shape index (κ3) is 5.81. The SMILES string of the molecule is C=O.C=O.[C-]1=C(c2ccccc2)C(c2ccccc2)=C(c2ccccc2)C1c1ccccc1.[H-].[H-].[H-].[Ru+4]. The van der Waals surface area contributed by atoms with Gasteiger partial charge in [-0.25, -0.2) is 0 Å². The van der Waals surface area contributed by atoms with Crippen molar-refractivity contribution in [3.63, 3.8) is 0 Å². The van der Waals surface area contributed by atoms with E-state index in [4.69, 9.17) is 9.59 Å². The minimum Gasteiger partial charge on any atom is -1.00 e. The van der Waals surface area contributed by atoms with Crippen molar-refractivity contribution in [3.05, 3.63) is 150 Å². The summed E-state index contributed by atoms with van der Waals surface area (Å²) in [6.07, 6.45) is 3.86. The molecule has 1 unspecified atom stereocenters. The number of hydrogen-bond acceptors (Lipinski definition) is 2. The molecular weight excluding hydrogens is 505 g/mol. The van der Waals surface area contributed by atoms with Crippen LogP contribution in [0.5, 0.6) is 0 Å². The molecule has 3 heteroatoms. The molecule has 172 valence electrons. The molecule has 34 heavy (non-hydrogen) atoms. The van der Waals surface area contributed by atoms with Crippen LogP contribution in [0.4, 0.5) is 0 Å². The smallest absolute Gasteiger partial charge is 1.00 e. The van der Waals surface area contributed by atoms with Crippen LogP contribution in [0.15, 0.2) is 121 Å². The van der Waals surface area contributed by atoms with Crippen molar-refractivity contribution in [2.75, 3.05) is 0 Å². The first-order chi connectivity index (χ1) is 16.4. The fraction of sp³-hybridized carbons (Fsp3) is 0.0323.